The summed E-state index contributed by atoms with van der Waals surface area (Å²) >= 11 is 0. The van der Waals surface area contributed by atoms with Crippen LogP contribution in [0.4, 0.5) is 11.4 Å². The molecule has 2 rings (SSSR count). The molecule has 1 aromatic carbocycles. The summed E-state index contributed by atoms with van der Waals surface area (Å²) in [4.78, 5) is 0. The third-order valence-electron chi connectivity index (χ3n) is 3.44. The summed E-state index contributed by atoms with van der Waals surface area (Å²) in [5, 5.41) is 13.3. The van der Waals surface area contributed by atoms with Gasteiger partial charge in [-0.2, -0.15) is 0 Å². The Morgan fingerprint density at radius 2 is 2.17 bits per heavy atom. The lowest BCUT2D eigenvalue weighted by Gasteiger charge is -2.29. The largest absolute Gasteiger partial charge is 0.492 e. The summed E-state index contributed by atoms with van der Waals surface area (Å²) in [5.41, 5.74) is 7.54. The Labute approximate surface area is 108 Å². The molecule has 1 saturated carbocycles. The van der Waals surface area contributed by atoms with Gasteiger partial charge >= 0.3 is 0 Å². The highest BCUT2D eigenvalue weighted by Crippen LogP contribution is 2.31. The topological polar surface area (TPSA) is 67.5 Å². The first kappa shape index (κ1) is 13.0. The van der Waals surface area contributed by atoms with Gasteiger partial charge < -0.3 is 20.9 Å². The zero-order chi connectivity index (χ0) is 13.0. The van der Waals surface area contributed by atoms with Crippen LogP contribution in [-0.4, -0.2) is 23.9 Å². The van der Waals surface area contributed by atoms with Crippen LogP contribution in [0.1, 0.15) is 32.6 Å². The van der Waals surface area contributed by atoms with Gasteiger partial charge in [0.1, 0.15) is 5.75 Å². The number of aliphatic hydroxyl groups is 1. The highest BCUT2D eigenvalue weighted by molar-refractivity contribution is 5.73. The molecule has 1 aliphatic carbocycles. The van der Waals surface area contributed by atoms with Gasteiger partial charge in [0.25, 0.3) is 0 Å². The molecule has 0 heterocycles. The molecule has 0 aromatic heterocycles. The summed E-state index contributed by atoms with van der Waals surface area (Å²) in [5.74, 6) is 0.702. The number of hydrogen-bond donors (Lipinski definition) is 3. The number of aliphatic hydroxyl groups excluding tert-OH is 1. The van der Waals surface area contributed by atoms with Crippen molar-refractivity contribution in [1.29, 1.82) is 0 Å². The van der Waals surface area contributed by atoms with E-state index >= 15 is 0 Å². The molecule has 4 heteroatoms. The lowest BCUT2D eigenvalue weighted by atomic mass is 9.92. The van der Waals surface area contributed by atoms with Gasteiger partial charge in [-0.1, -0.05) is 18.9 Å². The van der Waals surface area contributed by atoms with Crippen LogP contribution in [0.3, 0.4) is 0 Å². The van der Waals surface area contributed by atoms with E-state index < -0.39 is 0 Å². The summed E-state index contributed by atoms with van der Waals surface area (Å²) in [6.45, 7) is 2.53. The molecule has 100 valence electrons. The molecule has 0 bridgehead atoms. The molecule has 0 radical (unpaired) electrons. The Kier molecular flexibility index (Phi) is 4.31. The maximum Gasteiger partial charge on any atom is 0.144 e. The van der Waals surface area contributed by atoms with E-state index in [1.54, 1.807) is 0 Å². The molecule has 4 nitrogen and oxygen atoms in total. The molecule has 1 fully saturated rings. The van der Waals surface area contributed by atoms with Gasteiger partial charge in [-0.25, -0.2) is 0 Å². The third kappa shape index (κ3) is 2.88. The number of ether oxygens (including phenoxy) is 1. The molecule has 0 aliphatic heterocycles. The number of benzene rings is 1. The highest BCUT2D eigenvalue weighted by Gasteiger charge is 2.23. The molecule has 1 aliphatic rings. The van der Waals surface area contributed by atoms with Crippen molar-refractivity contribution < 1.29 is 9.84 Å². The smallest absolute Gasteiger partial charge is 0.144 e. The third-order valence-corrected chi connectivity index (χ3v) is 3.44. The summed E-state index contributed by atoms with van der Waals surface area (Å²) in [6.07, 6.45) is 3.82. The fraction of sp³-hybridized carbons (Fsp3) is 0.571. The van der Waals surface area contributed by atoms with Crippen molar-refractivity contribution in [2.75, 3.05) is 17.7 Å². The Hall–Kier alpha value is -1.42. The van der Waals surface area contributed by atoms with E-state index in [9.17, 15) is 5.11 Å². The number of nitrogen functional groups attached to an aromatic ring is 1. The molecule has 1 aromatic rings. The van der Waals surface area contributed by atoms with E-state index in [-0.39, 0.29) is 12.1 Å². The minimum Gasteiger partial charge on any atom is -0.492 e. The molecule has 0 amide bonds. The number of nitrogens with two attached hydrogens (primary N) is 1. The quantitative estimate of drug-likeness (QED) is 0.718. The second kappa shape index (κ2) is 5.96. The van der Waals surface area contributed by atoms with Crippen LogP contribution >= 0.6 is 0 Å². The summed E-state index contributed by atoms with van der Waals surface area (Å²) in [7, 11) is 0. The van der Waals surface area contributed by atoms with E-state index in [2.05, 4.69) is 5.32 Å². The Morgan fingerprint density at radius 3 is 2.89 bits per heavy atom. The first-order valence-electron chi connectivity index (χ1n) is 6.68. The molecule has 0 saturated heterocycles. The van der Waals surface area contributed by atoms with Crippen molar-refractivity contribution in [3.63, 3.8) is 0 Å². The van der Waals surface area contributed by atoms with Crippen LogP contribution in [0, 0.1) is 0 Å². The zero-order valence-electron chi connectivity index (χ0n) is 10.9. The normalized spacial score (nSPS) is 23.7. The van der Waals surface area contributed by atoms with Crippen LogP contribution in [0.2, 0.25) is 0 Å². The molecular weight excluding hydrogens is 228 g/mol. The van der Waals surface area contributed by atoms with Crippen LogP contribution in [-0.2, 0) is 0 Å². The van der Waals surface area contributed by atoms with E-state index in [0.29, 0.717) is 18.0 Å². The number of para-hydroxylation sites is 1. The van der Waals surface area contributed by atoms with E-state index in [0.717, 1.165) is 31.4 Å². The average Bonchev–Trinajstić information content (AvgIpc) is 2.37. The standard InChI is InChI=1S/C14H22N2O2/c1-2-18-13-9-5-7-11(14(13)15)16-10-6-3-4-8-12(10)17/h5,7,9-10,12,16-17H,2-4,6,8,15H2,1H3. The van der Waals surface area contributed by atoms with Gasteiger partial charge in [-0.15, -0.1) is 0 Å². The van der Waals surface area contributed by atoms with Crippen LogP contribution in [0.5, 0.6) is 5.75 Å². The van der Waals surface area contributed by atoms with E-state index in [1.165, 1.54) is 0 Å². The van der Waals surface area contributed by atoms with Crippen LogP contribution in [0.15, 0.2) is 18.2 Å². The summed E-state index contributed by atoms with van der Waals surface area (Å²) in [6, 6.07) is 5.80. The Bertz CT molecular complexity index is 395. The molecular formula is C14H22N2O2. The maximum atomic E-state index is 9.96. The average molecular weight is 250 g/mol. The van der Waals surface area contributed by atoms with Crippen molar-refractivity contribution in [1.82, 2.24) is 0 Å². The van der Waals surface area contributed by atoms with Gasteiger partial charge in [0.05, 0.1) is 30.1 Å². The van der Waals surface area contributed by atoms with Gasteiger partial charge in [-0.3, -0.25) is 0 Å². The maximum absolute atomic E-state index is 9.96. The van der Waals surface area contributed by atoms with Gasteiger partial charge in [0.15, 0.2) is 0 Å². The number of nitrogens with one attached hydrogen (secondary N) is 1. The van der Waals surface area contributed by atoms with Crippen LogP contribution in [0.25, 0.3) is 0 Å². The van der Waals surface area contributed by atoms with Gasteiger partial charge in [0.2, 0.25) is 0 Å². The fourth-order valence-corrected chi connectivity index (χ4v) is 2.43. The van der Waals surface area contributed by atoms with Gasteiger partial charge in [0, 0.05) is 0 Å². The predicted octanol–water partition coefficient (Wildman–Crippen LogP) is 2.38. The first-order valence-corrected chi connectivity index (χ1v) is 6.68. The highest BCUT2D eigenvalue weighted by atomic mass is 16.5. The minimum atomic E-state index is -0.283. The SMILES string of the molecule is CCOc1cccc(NC2CCCCC2O)c1N. The second-order valence-corrected chi connectivity index (χ2v) is 4.75. The summed E-state index contributed by atoms with van der Waals surface area (Å²) < 4.78 is 5.47. The van der Waals surface area contributed by atoms with Crippen LogP contribution < -0.4 is 15.8 Å². The fourth-order valence-electron chi connectivity index (χ4n) is 2.43. The van der Waals surface area contributed by atoms with Crippen molar-refractivity contribution in [2.24, 2.45) is 0 Å². The lowest BCUT2D eigenvalue weighted by Crippen LogP contribution is -2.36. The predicted molar refractivity (Wildman–Crippen MR) is 73.9 cm³/mol. The van der Waals surface area contributed by atoms with Crippen molar-refractivity contribution >= 4 is 11.4 Å². The molecule has 2 atom stereocenters. The van der Waals surface area contributed by atoms with E-state index in [4.69, 9.17) is 10.5 Å². The Balaban J connectivity index is 2.10. The lowest BCUT2D eigenvalue weighted by molar-refractivity contribution is 0.116. The number of anilines is 2. The minimum absolute atomic E-state index is 0.0953. The monoisotopic (exact) mass is 250 g/mol. The Morgan fingerprint density at radius 1 is 1.39 bits per heavy atom. The zero-order valence-corrected chi connectivity index (χ0v) is 10.9. The van der Waals surface area contributed by atoms with Crippen molar-refractivity contribution in [3.05, 3.63) is 18.2 Å². The molecule has 18 heavy (non-hydrogen) atoms. The first-order chi connectivity index (χ1) is 8.72. The second-order valence-electron chi connectivity index (χ2n) is 4.75. The number of hydrogen-bond acceptors (Lipinski definition) is 4. The number of rotatable bonds is 4. The molecule has 2 unspecified atom stereocenters. The van der Waals surface area contributed by atoms with Gasteiger partial charge in [-0.05, 0) is 31.9 Å². The molecule has 4 N–H and O–H groups in total. The molecule has 0 spiro atoms. The van der Waals surface area contributed by atoms with Crippen molar-refractivity contribution in [3.8, 4) is 5.75 Å². The van der Waals surface area contributed by atoms with E-state index in [1.807, 2.05) is 25.1 Å². The van der Waals surface area contributed by atoms with Crippen molar-refractivity contribution in [2.45, 2.75) is 44.8 Å².